The zero-order chi connectivity index (χ0) is 19.1. The standard InChI is InChI=1S/C20H21NO5/c1-13(22)16-9-5-6-10-17(16)21-20(24)14(2)26-19(23)12-15-8-4-7-11-18(15)25-3/h4-11,14H,12H2,1-3H3,(H,21,24)/t14-/m1/s1. The van der Waals surface area contributed by atoms with Gasteiger partial charge in [0.2, 0.25) is 0 Å². The van der Waals surface area contributed by atoms with Crippen molar-refractivity contribution in [3.63, 3.8) is 0 Å². The normalized spacial score (nSPS) is 11.3. The number of carbonyl (C=O) groups is 3. The van der Waals surface area contributed by atoms with Crippen LogP contribution in [0.4, 0.5) is 5.69 Å². The fourth-order valence-electron chi connectivity index (χ4n) is 2.43. The summed E-state index contributed by atoms with van der Waals surface area (Å²) in [5, 5.41) is 2.62. The molecule has 0 saturated heterocycles. The first-order valence-corrected chi connectivity index (χ1v) is 8.14. The summed E-state index contributed by atoms with van der Waals surface area (Å²) >= 11 is 0. The molecule has 0 aliphatic heterocycles. The van der Waals surface area contributed by atoms with E-state index in [4.69, 9.17) is 9.47 Å². The highest BCUT2D eigenvalue weighted by Crippen LogP contribution is 2.19. The van der Waals surface area contributed by atoms with Gasteiger partial charge in [-0.3, -0.25) is 14.4 Å². The number of methoxy groups -OCH3 is 1. The summed E-state index contributed by atoms with van der Waals surface area (Å²) in [6.45, 7) is 2.90. The van der Waals surface area contributed by atoms with Crippen molar-refractivity contribution in [2.75, 3.05) is 12.4 Å². The third-order valence-corrected chi connectivity index (χ3v) is 3.77. The summed E-state index contributed by atoms with van der Waals surface area (Å²) in [7, 11) is 1.52. The highest BCUT2D eigenvalue weighted by Gasteiger charge is 2.20. The van der Waals surface area contributed by atoms with Crippen molar-refractivity contribution in [1.82, 2.24) is 0 Å². The van der Waals surface area contributed by atoms with Gasteiger partial charge in [0.1, 0.15) is 5.75 Å². The number of rotatable bonds is 7. The van der Waals surface area contributed by atoms with Crippen LogP contribution in [0.1, 0.15) is 29.8 Å². The molecule has 136 valence electrons. The summed E-state index contributed by atoms with van der Waals surface area (Å²) < 4.78 is 10.4. The Balaban J connectivity index is 1.99. The van der Waals surface area contributed by atoms with E-state index in [9.17, 15) is 14.4 Å². The van der Waals surface area contributed by atoms with Gasteiger partial charge in [-0.25, -0.2) is 0 Å². The number of anilines is 1. The summed E-state index contributed by atoms with van der Waals surface area (Å²) in [6.07, 6.45) is -1.01. The first-order chi connectivity index (χ1) is 12.4. The number of hydrogen-bond acceptors (Lipinski definition) is 5. The van der Waals surface area contributed by atoms with Gasteiger partial charge in [0.25, 0.3) is 5.91 Å². The van der Waals surface area contributed by atoms with Crippen molar-refractivity contribution in [3.05, 3.63) is 59.7 Å². The topological polar surface area (TPSA) is 81.7 Å². The summed E-state index contributed by atoms with van der Waals surface area (Å²) in [4.78, 5) is 36.0. The van der Waals surface area contributed by atoms with E-state index >= 15 is 0 Å². The van der Waals surface area contributed by atoms with Crippen LogP contribution in [0.5, 0.6) is 5.75 Å². The van der Waals surface area contributed by atoms with Gasteiger partial charge < -0.3 is 14.8 Å². The smallest absolute Gasteiger partial charge is 0.311 e. The number of Topliss-reactive ketones (excluding diaryl/α,β-unsaturated/α-hetero) is 1. The lowest BCUT2D eigenvalue weighted by atomic mass is 10.1. The van der Waals surface area contributed by atoms with Gasteiger partial charge >= 0.3 is 5.97 Å². The Morgan fingerprint density at radius 2 is 1.69 bits per heavy atom. The zero-order valence-electron chi connectivity index (χ0n) is 14.9. The molecule has 0 aliphatic carbocycles. The van der Waals surface area contributed by atoms with Crippen LogP contribution in [0.3, 0.4) is 0 Å². The molecule has 0 aromatic heterocycles. The third kappa shape index (κ3) is 4.92. The summed E-state index contributed by atoms with van der Waals surface area (Å²) in [5.41, 5.74) is 1.46. The Kier molecular flexibility index (Phi) is 6.49. The van der Waals surface area contributed by atoms with Crippen molar-refractivity contribution in [2.24, 2.45) is 0 Å². The number of benzene rings is 2. The van der Waals surface area contributed by atoms with Gasteiger partial charge in [-0.1, -0.05) is 30.3 Å². The predicted molar refractivity (Wildman–Crippen MR) is 97.3 cm³/mol. The van der Waals surface area contributed by atoms with Crippen molar-refractivity contribution in [3.8, 4) is 5.75 Å². The quantitative estimate of drug-likeness (QED) is 0.610. The van der Waals surface area contributed by atoms with E-state index in [-0.39, 0.29) is 12.2 Å². The third-order valence-electron chi connectivity index (χ3n) is 3.77. The maximum Gasteiger partial charge on any atom is 0.311 e. The van der Waals surface area contributed by atoms with Crippen LogP contribution in [0.25, 0.3) is 0 Å². The molecule has 0 aliphatic rings. The Morgan fingerprint density at radius 3 is 2.38 bits per heavy atom. The van der Waals surface area contributed by atoms with Crippen LogP contribution in [-0.4, -0.2) is 30.9 Å². The van der Waals surface area contributed by atoms with E-state index in [1.165, 1.54) is 21.0 Å². The van der Waals surface area contributed by atoms with E-state index in [0.29, 0.717) is 22.6 Å². The maximum atomic E-state index is 12.3. The molecule has 6 nitrogen and oxygen atoms in total. The molecule has 2 aromatic rings. The molecule has 1 N–H and O–H groups in total. The molecule has 1 atom stereocenters. The molecule has 0 fully saturated rings. The average Bonchev–Trinajstić information content (AvgIpc) is 2.62. The zero-order valence-corrected chi connectivity index (χ0v) is 14.9. The second-order valence-electron chi connectivity index (χ2n) is 5.71. The van der Waals surface area contributed by atoms with E-state index in [1.54, 1.807) is 48.5 Å². The number of para-hydroxylation sites is 2. The van der Waals surface area contributed by atoms with Gasteiger partial charge in [0.05, 0.1) is 19.2 Å². The Bertz CT molecular complexity index is 815. The molecule has 0 bridgehead atoms. The molecule has 0 spiro atoms. The Hall–Kier alpha value is -3.15. The Morgan fingerprint density at radius 1 is 1.04 bits per heavy atom. The monoisotopic (exact) mass is 355 g/mol. The highest BCUT2D eigenvalue weighted by molar-refractivity contribution is 6.04. The summed E-state index contributed by atoms with van der Waals surface area (Å²) in [6, 6.07) is 13.8. The van der Waals surface area contributed by atoms with Gasteiger partial charge in [-0.15, -0.1) is 0 Å². The van der Waals surface area contributed by atoms with Crippen LogP contribution in [0.2, 0.25) is 0 Å². The van der Waals surface area contributed by atoms with Crippen LogP contribution >= 0.6 is 0 Å². The minimum Gasteiger partial charge on any atom is -0.496 e. The number of ketones is 1. The van der Waals surface area contributed by atoms with Gasteiger partial charge in [-0.2, -0.15) is 0 Å². The molecule has 0 saturated carbocycles. The first-order valence-electron chi connectivity index (χ1n) is 8.14. The van der Waals surface area contributed by atoms with Crippen molar-refractivity contribution in [1.29, 1.82) is 0 Å². The molecule has 1 amide bonds. The molecular weight excluding hydrogens is 334 g/mol. The number of ether oxygens (including phenoxy) is 2. The van der Waals surface area contributed by atoms with E-state index in [0.717, 1.165) is 0 Å². The predicted octanol–water partition coefficient (Wildman–Crippen LogP) is 3.01. The number of esters is 1. The fraction of sp³-hybridized carbons (Fsp3) is 0.250. The van der Waals surface area contributed by atoms with Crippen LogP contribution in [0, 0.1) is 0 Å². The lowest BCUT2D eigenvalue weighted by Gasteiger charge is -2.15. The second-order valence-corrected chi connectivity index (χ2v) is 5.71. The minimum absolute atomic E-state index is 0.00827. The van der Waals surface area contributed by atoms with Crippen molar-refractivity contribution < 1.29 is 23.9 Å². The lowest BCUT2D eigenvalue weighted by molar-refractivity contribution is -0.152. The molecule has 0 radical (unpaired) electrons. The number of nitrogens with one attached hydrogen (secondary N) is 1. The van der Waals surface area contributed by atoms with Gasteiger partial charge in [-0.05, 0) is 32.0 Å². The van der Waals surface area contributed by atoms with Gasteiger partial charge in [0, 0.05) is 11.1 Å². The molecule has 2 aromatic carbocycles. The van der Waals surface area contributed by atoms with Crippen LogP contribution in [0.15, 0.2) is 48.5 Å². The SMILES string of the molecule is COc1ccccc1CC(=O)O[C@H](C)C(=O)Nc1ccccc1C(C)=O. The molecule has 6 heteroatoms. The van der Waals surface area contributed by atoms with Gasteiger partial charge in [0.15, 0.2) is 11.9 Å². The largest absolute Gasteiger partial charge is 0.496 e. The van der Waals surface area contributed by atoms with Crippen molar-refractivity contribution >= 4 is 23.3 Å². The molecule has 0 unspecified atom stereocenters. The second kappa shape index (κ2) is 8.80. The number of hydrogen-bond donors (Lipinski definition) is 1. The van der Waals surface area contributed by atoms with E-state index < -0.39 is 18.0 Å². The van der Waals surface area contributed by atoms with Crippen LogP contribution < -0.4 is 10.1 Å². The molecule has 2 rings (SSSR count). The Labute approximate surface area is 152 Å². The van der Waals surface area contributed by atoms with E-state index in [2.05, 4.69) is 5.32 Å². The lowest BCUT2D eigenvalue weighted by Crippen LogP contribution is -2.31. The first kappa shape index (κ1) is 19.2. The average molecular weight is 355 g/mol. The minimum atomic E-state index is -1.00. The number of carbonyl (C=O) groups excluding carboxylic acids is 3. The van der Waals surface area contributed by atoms with Crippen molar-refractivity contribution in [2.45, 2.75) is 26.4 Å². The van der Waals surface area contributed by atoms with E-state index in [1.807, 2.05) is 0 Å². The van der Waals surface area contributed by atoms with Crippen LogP contribution in [-0.2, 0) is 20.7 Å². The number of amides is 1. The maximum absolute atomic E-state index is 12.3. The molecular formula is C20H21NO5. The fourth-order valence-corrected chi connectivity index (χ4v) is 2.43. The highest BCUT2D eigenvalue weighted by atomic mass is 16.5. The molecule has 0 heterocycles. The summed E-state index contributed by atoms with van der Waals surface area (Å²) in [5.74, 6) is -0.636. The molecule has 26 heavy (non-hydrogen) atoms.